The van der Waals surface area contributed by atoms with Crippen molar-refractivity contribution >= 4 is 44.6 Å². The van der Waals surface area contributed by atoms with E-state index < -0.39 is 20.6 Å². The number of hydrazone groups is 1. The maximum absolute atomic E-state index is 12.7. The lowest BCUT2D eigenvalue weighted by molar-refractivity contribution is -0.384. The van der Waals surface area contributed by atoms with Crippen molar-refractivity contribution in [3.05, 3.63) is 75.0 Å². The Hall–Kier alpha value is -3.44. The second-order valence-corrected chi connectivity index (χ2v) is 8.29. The Morgan fingerprint density at radius 1 is 1.14 bits per heavy atom. The minimum absolute atomic E-state index is 0.0686. The number of nitrogens with one attached hydrogen (secondary N) is 2. The average molecular weight is 432 g/mol. The van der Waals surface area contributed by atoms with Crippen LogP contribution in [0.2, 0.25) is 0 Å². The fraction of sp³-hybridized carbons (Fsp3) is 0.0556. The summed E-state index contributed by atoms with van der Waals surface area (Å²) in [5.74, 6) is 0.326. The Morgan fingerprint density at radius 2 is 1.93 bits per heavy atom. The first-order chi connectivity index (χ1) is 13.9. The summed E-state index contributed by atoms with van der Waals surface area (Å²) in [6.45, 7) is 0. The molecule has 0 radical (unpaired) electrons. The largest absolute Gasteiger partial charge is 0.495 e. The Morgan fingerprint density at radius 3 is 2.62 bits per heavy atom. The standard InChI is InChI=1S/C18H16N4O5S2/c1-27-18-7-3-2-6-16(18)21-29(25,26)14-8-9-15(17(11-14)22(23)24)20-19-12-13-5-4-10-28-13/h2-12,20-21H,1H3/b19-12+. The van der Waals surface area contributed by atoms with Crippen LogP contribution in [0.1, 0.15) is 4.88 Å². The third kappa shape index (κ3) is 4.89. The van der Waals surface area contributed by atoms with Crippen molar-refractivity contribution < 1.29 is 18.1 Å². The van der Waals surface area contributed by atoms with Crippen LogP contribution in [-0.2, 0) is 10.0 Å². The zero-order valence-corrected chi connectivity index (χ0v) is 16.7. The van der Waals surface area contributed by atoms with Gasteiger partial charge in [-0.15, -0.1) is 11.3 Å². The van der Waals surface area contributed by atoms with E-state index in [2.05, 4.69) is 15.2 Å². The van der Waals surface area contributed by atoms with Crippen molar-refractivity contribution in [3.8, 4) is 5.75 Å². The van der Waals surface area contributed by atoms with Crippen LogP contribution in [0.25, 0.3) is 0 Å². The lowest BCUT2D eigenvalue weighted by Gasteiger charge is -2.12. The third-order valence-corrected chi connectivity index (χ3v) is 5.92. The highest BCUT2D eigenvalue weighted by Gasteiger charge is 2.22. The highest BCUT2D eigenvalue weighted by molar-refractivity contribution is 7.92. The van der Waals surface area contributed by atoms with Gasteiger partial charge in [0.25, 0.3) is 15.7 Å². The monoisotopic (exact) mass is 432 g/mol. The topological polar surface area (TPSA) is 123 Å². The molecule has 0 aliphatic heterocycles. The minimum Gasteiger partial charge on any atom is -0.495 e. The highest BCUT2D eigenvalue weighted by Crippen LogP contribution is 2.30. The number of hydrogen-bond donors (Lipinski definition) is 2. The maximum Gasteiger partial charge on any atom is 0.295 e. The first-order valence-electron chi connectivity index (χ1n) is 8.17. The maximum atomic E-state index is 12.7. The van der Waals surface area contributed by atoms with Crippen LogP contribution in [0.4, 0.5) is 17.1 Å². The summed E-state index contributed by atoms with van der Waals surface area (Å²) in [6.07, 6.45) is 1.52. The molecule has 9 nitrogen and oxygen atoms in total. The van der Waals surface area contributed by atoms with E-state index in [-0.39, 0.29) is 16.3 Å². The van der Waals surface area contributed by atoms with Crippen molar-refractivity contribution in [1.82, 2.24) is 0 Å². The summed E-state index contributed by atoms with van der Waals surface area (Å²) in [5, 5.41) is 17.3. The first kappa shape index (κ1) is 20.3. The molecule has 2 aromatic carbocycles. The molecular formula is C18H16N4O5S2. The number of anilines is 2. The number of methoxy groups -OCH3 is 1. The molecule has 0 saturated carbocycles. The molecule has 3 aromatic rings. The molecule has 0 saturated heterocycles. The molecule has 0 atom stereocenters. The number of nitrogens with zero attached hydrogens (tertiary/aromatic N) is 2. The lowest BCUT2D eigenvalue weighted by Crippen LogP contribution is -2.14. The van der Waals surface area contributed by atoms with E-state index in [9.17, 15) is 18.5 Å². The second-order valence-electron chi connectivity index (χ2n) is 5.63. The quantitative estimate of drug-likeness (QED) is 0.316. The van der Waals surface area contributed by atoms with Crippen LogP contribution in [0.3, 0.4) is 0 Å². The fourth-order valence-electron chi connectivity index (χ4n) is 2.39. The Kier molecular flexibility index (Phi) is 6.10. The summed E-state index contributed by atoms with van der Waals surface area (Å²) in [5.41, 5.74) is 2.45. The molecule has 0 spiro atoms. The van der Waals surface area contributed by atoms with Crippen LogP contribution in [-0.4, -0.2) is 26.7 Å². The van der Waals surface area contributed by atoms with Crippen molar-refractivity contribution in [3.63, 3.8) is 0 Å². The van der Waals surface area contributed by atoms with Crippen LogP contribution in [0.5, 0.6) is 5.75 Å². The number of sulfonamides is 1. The predicted octanol–water partition coefficient (Wildman–Crippen LogP) is 3.91. The van der Waals surface area contributed by atoms with Gasteiger partial charge < -0.3 is 4.74 Å². The molecule has 1 heterocycles. The molecule has 1 aromatic heterocycles. The zero-order valence-electron chi connectivity index (χ0n) is 15.1. The smallest absolute Gasteiger partial charge is 0.295 e. The number of para-hydroxylation sites is 2. The van der Waals surface area contributed by atoms with Crippen molar-refractivity contribution in [2.45, 2.75) is 4.90 Å². The summed E-state index contributed by atoms with van der Waals surface area (Å²) in [6, 6.07) is 13.7. The van der Waals surface area contributed by atoms with Crippen LogP contribution >= 0.6 is 11.3 Å². The fourth-order valence-corrected chi connectivity index (χ4v) is 4.06. The van der Waals surface area contributed by atoms with Gasteiger partial charge in [0.1, 0.15) is 11.4 Å². The third-order valence-electron chi connectivity index (χ3n) is 3.75. The molecule has 0 amide bonds. The molecule has 0 aliphatic rings. The van der Waals surface area contributed by atoms with Gasteiger partial charge in [-0.1, -0.05) is 18.2 Å². The molecule has 11 heteroatoms. The van der Waals surface area contributed by atoms with Crippen molar-refractivity contribution in [2.75, 3.05) is 17.3 Å². The van der Waals surface area contributed by atoms with E-state index in [1.807, 2.05) is 17.5 Å². The molecule has 0 fully saturated rings. The number of nitro benzene ring substituents is 1. The van der Waals surface area contributed by atoms with Gasteiger partial charge >= 0.3 is 0 Å². The molecule has 0 unspecified atom stereocenters. The van der Waals surface area contributed by atoms with Gasteiger partial charge in [-0.25, -0.2) is 8.42 Å². The number of benzene rings is 2. The summed E-state index contributed by atoms with van der Waals surface area (Å²) < 4.78 is 32.9. The SMILES string of the molecule is COc1ccccc1NS(=O)(=O)c1ccc(N/N=C/c2cccs2)c([N+](=O)[O-])c1. The Bertz CT molecular complexity index is 1140. The number of hydrogen-bond acceptors (Lipinski definition) is 8. The van der Waals surface area contributed by atoms with Gasteiger partial charge in [0.05, 0.1) is 28.8 Å². The average Bonchev–Trinajstić information content (AvgIpc) is 3.21. The lowest BCUT2D eigenvalue weighted by atomic mass is 10.3. The summed E-state index contributed by atoms with van der Waals surface area (Å²) in [4.78, 5) is 11.4. The van der Waals surface area contributed by atoms with E-state index in [4.69, 9.17) is 4.74 Å². The van der Waals surface area contributed by atoms with Crippen LogP contribution in [0, 0.1) is 10.1 Å². The van der Waals surface area contributed by atoms with Crippen LogP contribution < -0.4 is 14.9 Å². The highest BCUT2D eigenvalue weighted by atomic mass is 32.2. The predicted molar refractivity (Wildman–Crippen MR) is 112 cm³/mol. The van der Waals surface area contributed by atoms with Crippen LogP contribution in [0.15, 0.2) is 70.0 Å². The molecule has 0 aliphatic carbocycles. The van der Waals surface area contributed by atoms with Crippen molar-refractivity contribution in [2.24, 2.45) is 5.10 Å². The van der Waals surface area contributed by atoms with Gasteiger partial charge in [0.15, 0.2) is 0 Å². The van der Waals surface area contributed by atoms with E-state index in [0.717, 1.165) is 10.9 Å². The number of nitro groups is 1. The van der Waals surface area contributed by atoms with E-state index in [1.54, 1.807) is 18.2 Å². The van der Waals surface area contributed by atoms with Gasteiger partial charge in [-0.05, 0) is 35.7 Å². The van der Waals surface area contributed by atoms with Gasteiger partial charge in [-0.3, -0.25) is 20.3 Å². The van der Waals surface area contributed by atoms with Crippen molar-refractivity contribution in [1.29, 1.82) is 0 Å². The zero-order chi connectivity index (χ0) is 20.9. The van der Waals surface area contributed by atoms with E-state index in [1.165, 1.54) is 42.9 Å². The van der Waals surface area contributed by atoms with E-state index >= 15 is 0 Å². The Balaban J connectivity index is 1.87. The van der Waals surface area contributed by atoms with Gasteiger partial charge in [0.2, 0.25) is 0 Å². The Labute approximate surface area is 170 Å². The van der Waals surface area contributed by atoms with Gasteiger partial charge in [-0.2, -0.15) is 5.10 Å². The molecular weight excluding hydrogens is 416 g/mol. The molecule has 3 rings (SSSR count). The molecule has 0 bridgehead atoms. The summed E-state index contributed by atoms with van der Waals surface area (Å²) in [7, 11) is -2.66. The number of rotatable bonds is 8. The second kappa shape index (κ2) is 8.71. The summed E-state index contributed by atoms with van der Waals surface area (Å²) >= 11 is 1.46. The molecule has 150 valence electrons. The van der Waals surface area contributed by atoms with Gasteiger partial charge in [0, 0.05) is 10.9 Å². The number of thiophene rings is 1. The molecule has 2 N–H and O–H groups in total. The normalized spacial score (nSPS) is 11.3. The molecule has 29 heavy (non-hydrogen) atoms. The number of ether oxygens (including phenoxy) is 1. The van der Waals surface area contributed by atoms with E-state index in [0.29, 0.717) is 5.75 Å². The minimum atomic E-state index is -4.07. The first-order valence-corrected chi connectivity index (χ1v) is 10.5.